The molecule has 0 saturated carbocycles. The minimum absolute atomic E-state index is 0.216. The molecule has 0 aliphatic carbocycles. The summed E-state index contributed by atoms with van der Waals surface area (Å²) in [4.78, 5) is 3.60. The van der Waals surface area contributed by atoms with Crippen LogP contribution in [0.2, 0.25) is 0 Å². The molecule has 0 radical (unpaired) electrons. The first-order valence-electron chi connectivity index (χ1n) is 4.82. The number of hydrogen-bond donors (Lipinski definition) is 0. The first kappa shape index (κ1) is 13.6. The highest BCUT2D eigenvalue weighted by Crippen LogP contribution is 2.37. The molecule has 6 nitrogen and oxygen atoms in total. The Morgan fingerprint density at radius 3 is 2.63 bits per heavy atom. The van der Waals surface area contributed by atoms with E-state index in [2.05, 4.69) is 19.1 Å². The quantitative estimate of drug-likeness (QED) is 0.859. The van der Waals surface area contributed by atoms with Gasteiger partial charge in [0.05, 0.1) is 11.8 Å². The minimum Gasteiger partial charge on any atom is -0.459 e. The van der Waals surface area contributed by atoms with E-state index in [1.54, 1.807) is 0 Å². The molecule has 0 fully saturated rings. The predicted octanol–water partition coefficient (Wildman–Crippen LogP) is 1.89. The van der Waals surface area contributed by atoms with Gasteiger partial charge in [0.15, 0.2) is 15.7 Å². The standard InChI is InChI=1S/C9H7F3N2O4S/c1-19(15,16)4-6-13-8(18-14-6)5-2-3-17-7(5)9(10,11)12/h2-3H,4H2,1H3. The number of sulfone groups is 1. The number of alkyl halides is 3. The molecular formula is C9H7F3N2O4S. The van der Waals surface area contributed by atoms with E-state index in [1.165, 1.54) is 0 Å². The number of nitrogens with zero attached hydrogens (tertiary/aromatic N) is 2. The fourth-order valence-electron chi connectivity index (χ4n) is 1.35. The molecule has 0 atom stereocenters. The molecule has 2 heterocycles. The van der Waals surface area contributed by atoms with Crippen molar-refractivity contribution in [2.75, 3.05) is 6.26 Å². The van der Waals surface area contributed by atoms with Gasteiger partial charge in [0.25, 0.3) is 5.89 Å². The summed E-state index contributed by atoms with van der Waals surface area (Å²) in [6.07, 6.45) is -2.93. The zero-order valence-electron chi connectivity index (χ0n) is 9.43. The van der Waals surface area contributed by atoms with Crippen molar-refractivity contribution >= 4 is 9.84 Å². The summed E-state index contributed by atoms with van der Waals surface area (Å²) >= 11 is 0. The van der Waals surface area contributed by atoms with Crippen LogP contribution in [0, 0.1) is 0 Å². The first-order chi connectivity index (χ1) is 8.67. The van der Waals surface area contributed by atoms with E-state index < -0.39 is 39.0 Å². The van der Waals surface area contributed by atoms with Crippen molar-refractivity contribution < 1.29 is 30.5 Å². The van der Waals surface area contributed by atoms with Crippen LogP contribution in [0.3, 0.4) is 0 Å². The Morgan fingerprint density at radius 1 is 1.37 bits per heavy atom. The van der Waals surface area contributed by atoms with Crippen LogP contribution in [0.1, 0.15) is 11.6 Å². The molecule has 10 heteroatoms. The molecule has 0 aliphatic heterocycles. The van der Waals surface area contributed by atoms with Crippen LogP contribution >= 0.6 is 0 Å². The van der Waals surface area contributed by atoms with Crippen LogP contribution in [0.4, 0.5) is 13.2 Å². The lowest BCUT2D eigenvalue weighted by Crippen LogP contribution is -2.05. The Kier molecular flexibility index (Phi) is 3.12. The summed E-state index contributed by atoms with van der Waals surface area (Å²) in [6, 6.07) is 1.01. The lowest BCUT2D eigenvalue weighted by molar-refractivity contribution is -0.152. The van der Waals surface area contributed by atoms with Gasteiger partial charge < -0.3 is 8.94 Å². The van der Waals surface area contributed by atoms with E-state index in [-0.39, 0.29) is 5.82 Å². The number of hydrogen-bond acceptors (Lipinski definition) is 6. The van der Waals surface area contributed by atoms with Gasteiger partial charge in [0, 0.05) is 6.26 Å². The second kappa shape index (κ2) is 4.37. The summed E-state index contributed by atoms with van der Waals surface area (Å²) in [5.41, 5.74) is -0.431. The molecule has 0 unspecified atom stereocenters. The maximum absolute atomic E-state index is 12.6. The van der Waals surface area contributed by atoms with Gasteiger partial charge in [-0.3, -0.25) is 0 Å². The molecule has 0 bridgehead atoms. The fourth-order valence-corrected chi connectivity index (χ4v) is 1.94. The van der Waals surface area contributed by atoms with Crippen LogP contribution in [0.15, 0.2) is 21.3 Å². The summed E-state index contributed by atoms with van der Waals surface area (Å²) < 4.78 is 68.6. The SMILES string of the molecule is CS(=O)(=O)Cc1noc(-c2ccoc2C(F)(F)F)n1. The zero-order chi connectivity index (χ0) is 14.3. The van der Waals surface area contributed by atoms with E-state index in [1.807, 2.05) is 0 Å². The maximum atomic E-state index is 12.6. The van der Waals surface area contributed by atoms with Crippen molar-refractivity contribution in [3.63, 3.8) is 0 Å². The average molecular weight is 296 g/mol. The third kappa shape index (κ3) is 3.13. The highest BCUT2D eigenvalue weighted by Gasteiger charge is 2.39. The van der Waals surface area contributed by atoms with Crippen molar-refractivity contribution in [2.45, 2.75) is 11.9 Å². The number of aromatic nitrogens is 2. The monoisotopic (exact) mass is 296 g/mol. The highest BCUT2D eigenvalue weighted by atomic mass is 32.2. The van der Waals surface area contributed by atoms with Gasteiger partial charge in [-0.05, 0) is 6.07 Å². The van der Waals surface area contributed by atoms with Crippen LogP contribution in [0.5, 0.6) is 0 Å². The number of furan rings is 1. The van der Waals surface area contributed by atoms with E-state index in [9.17, 15) is 21.6 Å². The third-order valence-electron chi connectivity index (χ3n) is 2.01. The van der Waals surface area contributed by atoms with Crippen LogP contribution in [0.25, 0.3) is 11.5 Å². The molecule has 0 aromatic carbocycles. The normalized spacial score (nSPS) is 12.8. The topological polar surface area (TPSA) is 86.2 Å². The smallest absolute Gasteiger partial charge is 0.450 e. The third-order valence-corrected chi connectivity index (χ3v) is 2.80. The maximum Gasteiger partial charge on any atom is 0.450 e. The lowest BCUT2D eigenvalue weighted by atomic mass is 10.2. The summed E-state index contributed by atoms with van der Waals surface area (Å²) in [7, 11) is -3.40. The van der Waals surface area contributed by atoms with Crippen molar-refractivity contribution in [3.05, 3.63) is 23.9 Å². The van der Waals surface area contributed by atoms with Gasteiger partial charge in [0.2, 0.25) is 5.76 Å². The van der Waals surface area contributed by atoms with Crippen molar-refractivity contribution in [1.29, 1.82) is 0 Å². The molecule has 104 valence electrons. The van der Waals surface area contributed by atoms with Gasteiger partial charge in [-0.1, -0.05) is 5.16 Å². The zero-order valence-corrected chi connectivity index (χ0v) is 10.2. The summed E-state index contributed by atoms with van der Waals surface area (Å²) in [5.74, 6) is -2.45. The molecule has 19 heavy (non-hydrogen) atoms. The fraction of sp³-hybridized carbons (Fsp3) is 0.333. The van der Waals surface area contributed by atoms with E-state index in [0.717, 1.165) is 18.6 Å². The molecule has 0 saturated heterocycles. The second-order valence-corrected chi connectivity index (χ2v) is 5.89. The molecule has 2 rings (SSSR count). The van der Waals surface area contributed by atoms with Crippen LogP contribution in [-0.4, -0.2) is 24.8 Å². The molecule has 0 aliphatic rings. The molecule has 0 N–H and O–H groups in total. The van der Waals surface area contributed by atoms with Crippen molar-refractivity contribution in [3.8, 4) is 11.5 Å². The largest absolute Gasteiger partial charge is 0.459 e. The Hall–Kier alpha value is -1.84. The summed E-state index contributed by atoms with van der Waals surface area (Å²) in [5, 5.41) is 3.31. The summed E-state index contributed by atoms with van der Waals surface area (Å²) in [6.45, 7) is 0. The Morgan fingerprint density at radius 2 is 2.05 bits per heavy atom. The lowest BCUT2D eigenvalue weighted by Gasteiger charge is -2.02. The van der Waals surface area contributed by atoms with Gasteiger partial charge >= 0.3 is 6.18 Å². The van der Waals surface area contributed by atoms with E-state index in [0.29, 0.717) is 0 Å². The average Bonchev–Trinajstić information content (AvgIpc) is 2.79. The number of rotatable bonds is 3. The van der Waals surface area contributed by atoms with Gasteiger partial charge in [-0.15, -0.1) is 0 Å². The Bertz CT molecular complexity index is 686. The van der Waals surface area contributed by atoms with Crippen molar-refractivity contribution in [1.82, 2.24) is 10.1 Å². The molecule has 0 spiro atoms. The van der Waals surface area contributed by atoms with E-state index >= 15 is 0 Å². The van der Waals surface area contributed by atoms with E-state index in [4.69, 9.17) is 0 Å². The molecule has 2 aromatic rings. The van der Waals surface area contributed by atoms with Gasteiger partial charge in [-0.2, -0.15) is 18.2 Å². The van der Waals surface area contributed by atoms with Gasteiger partial charge in [-0.25, -0.2) is 8.42 Å². The van der Waals surface area contributed by atoms with Gasteiger partial charge in [0.1, 0.15) is 5.75 Å². The van der Waals surface area contributed by atoms with Crippen LogP contribution < -0.4 is 0 Å². The predicted molar refractivity (Wildman–Crippen MR) is 55.5 cm³/mol. The van der Waals surface area contributed by atoms with Crippen molar-refractivity contribution in [2.24, 2.45) is 0 Å². The molecule has 2 aromatic heterocycles. The van der Waals surface area contributed by atoms with Crippen LogP contribution in [-0.2, 0) is 21.8 Å². The Balaban J connectivity index is 2.37. The minimum atomic E-state index is -4.70. The number of halogens is 3. The highest BCUT2D eigenvalue weighted by molar-refractivity contribution is 7.89. The molecule has 0 amide bonds. The second-order valence-electron chi connectivity index (χ2n) is 3.75. The molecular weight excluding hydrogens is 289 g/mol. The first-order valence-corrected chi connectivity index (χ1v) is 6.88. The Labute approximate surface area is 105 Å².